The summed E-state index contributed by atoms with van der Waals surface area (Å²) in [5.41, 5.74) is 3.61. The second-order valence-corrected chi connectivity index (χ2v) is 5.33. The molecular formula is C16H15N5O4. The Bertz CT molecular complexity index is 923. The number of amides is 1. The normalized spacial score (nSPS) is 10.6. The van der Waals surface area contributed by atoms with E-state index in [-0.39, 0.29) is 12.2 Å². The van der Waals surface area contributed by atoms with E-state index in [1.807, 2.05) is 30.3 Å². The number of rotatable bonds is 6. The Morgan fingerprint density at radius 2 is 2.00 bits per heavy atom. The minimum atomic E-state index is -0.633. The van der Waals surface area contributed by atoms with E-state index in [4.69, 9.17) is 5.21 Å². The highest BCUT2D eigenvalue weighted by atomic mass is 16.6. The van der Waals surface area contributed by atoms with Gasteiger partial charge < -0.3 is 5.32 Å². The summed E-state index contributed by atoms with van der Waals surface area (Å²) in [6, 6.07) is 12.5. The van der Waals surface area contributed by atoms with E-state index in [2.05, 4.69) is 10.3 Å². The minimum absolute atomic E-state index is 0.0918. The van der Waals surface area contributed by atoms with Crippen LogP contribution in [-0.4, -0.2) is 32.0 Å². The number of nitro groups is 1. The maximum absolute atomic E-state index is 11.3. The van der Waals surface area contributed by atoms with E-state index >= 15 is 0 Å². The summed E-state index contributed by atoms with van der Waals surface area (Å²) in [5.74, 6) is -0.169. The van der Waals surface area contributed by atoms with Gasteiger partial charge in [0, 0.05) is 12.5 Å². The molecule has 1 amide bonds. The van der Waals surface area contributed by atoms with Gasteiger partial charge in [-0.1, -0.05) is 30.3 Å². The Balaban J connectivity index is 2.04. The van der Waals surface area contributed by atoms with E-state index in [0.29, 0.717) is 23.6 Å². The quantitative estimate of drug-likeness (QED) is 0.357. The van der Waals surface area contributed by atoms with Crippen molar-refractivity contribution in [3.8, 4) is 0 Å². The SMILES string of the molecule is O=C(CNc1c(Cc2ccccc2)nc2ccc([N+](=O)[O-])cn12)NO. The van der Waals surface area contributed by atoms with Crippen LogP contribution in [0.1, 0.15) is 11.3 Å². The Hall–Kier alpha value is -3.46. The maximum Gasteiger partial charge on any atom is 0.286 e. The molecule has 0 radical (unpaired) electrons. The predicted octanol–water partition coefficient (Wildman–Crippen LogP) is 1.75. The lowest BCUT2D eigenvalue weighted by Crippen LogP contribution is -2.27. The van der Waals surface area contributed by atoms with E-state index in [9.17, 15) is 14.9 Å². The highest BCUT2D eigenvalue weighted by Gasteiger charge is 2.16. The van der Waals surface area contributed by atoms with Gasteiger partial charge in [-0.05, 0) is 11.6 Å². The Labute approximate surface area is 142 Å². The van der Waals surface area contributed by atoms with Crippen molar-refractivity contribution in [2.24, 2.45) is 0 Å². The molecule has 0 saturated heterocycles. The van der Waals surface area contributed by atoms with Crippen LogP contribution < -0.4 is 10.8 Å². The highest BCUT2D eigenvalue weighted by Crippen LogP contribution is 2.24. The fourth-order valence-corrected chi connectivity index (χ4v) is 2.49. The molecule has 0 aliphatic carbocycles. The van der Waals surface area contributed by atoms with Crippen molar-refractivity contribution in [2.75, 3.05) is 11.9 Å². The fourth-order valence-electron chi connectivity index (χ4n) is 2.49. The number of aromatic nitrogens is 2. The zero-order valence-electron chi connectivity index (χ0n) is 13.0. The van der Waals surface area contributed by atoms with Crippen molar-refractivity contribution in [3.05, 3.63) is 70.0 Å². The highest BCUT2D eigenvalue weighted by molar-refractivity contribution is 5.79. The van der Waals surface area contributed by atoms with Crippen molar-refractivity contribution < 1.29 is 14.9 Å². The first-order valence-electron chi connectivity index (χ1n) is 7.44. The van der Waals surface area contributed by atoms with Gasteiger partial charge in [-0.3, -0.25) is 24.5 Å². The molecule has 0 unspecified atom stereocenters. The van der Waals surface area contributed by atoms with Gasteiger partial charge in [0.25, 0.3) is 11.6 Å². The number of anilines is 1. The Kier molecular flexibility index (Phi) is 4.57. The van der Waals surface area contributed by atoms with Crippen molar-refractivity contribution in [3.63, 3.8) is 0 Å². The zero-order chi connectivity index (χ0) is 17.8. The topological polar surface area (TPSA) is 122 Å². The molecule has 2 aromatic heterocycles. The molecule has 0 atom stereocenters. The van der Waals surface area contributed by atoms with Crippen molar-refractivity contribution in [1.82, 2.24) is 14.9 Å². The number of hydrogen-bond donors (Lipinski definition) is 3. The average Bonchev–Trinajstić information content (AvgIpc) is 2.96. The molecule has 2 heterocycles. The van der Waals surface area contributed by atoms with Crippen LogP contribution in [0.2, 0.25) is 0 Å². The monoisotopic (exact) mass is 341 g/mol. The summed E-state index contributed by atoms with van der Waals surface area (Å²) in [6.07, 6.45) is 1.83. The molecule has 0 aliphatic heterocycles. The summed E-state index contributed by atoms with van der Waals surface area (Å²) in [6.45, 7) is -0.200. The number of nitrogens with zero attached hydrogens (tertiary/aromatic N) is 3. The lowest BCUT2D eigenvalue weighted by Gasteiger charge is -2.08. The number of carbonyl (C=O) groups is 1. The van der Waals surface area contributed by atoms with Crippen LogP contribution in [0.4, 0.5) is 11.5 Å². The average molecular weight is 341 g/mol. The van der Waals surface area contributed by atoms with Crippen molar-refractivity contribution in [2.45, 2.75) is 6.42 Å². The van der Waals surface area contributed by atoms with Crippen LogP contribution in [-0.2, 0) is 11.2 Å². The molecule has 0 fully saturated rings. The smallest absolute Gasteiger partial charge is 0.286 e. The third-order valence-electron chi connectivity index (χ3n) is 3.64. The largest absolute Gasteiger partial charge is 0.360 e. The van der Waals surface area contributed by atoms with Gasteiger partial charge in [0.1, 0.15) is 11.5 Å². The Morgan fingerprint density at radius 1 is 1.24 bits per heavy atom. The number of fused-ring (bicyclic) bond motifs is 1. The third-order valence-corrected chi connectivity index (χ3v) is 3.64. The molecule has 0 aliphatic rings. The van der Waals surface area contributed by atoms with Gasteiger partial charge in [0.05, 0.1) is 23.4 Å². The number of nitrogens with one attached hydrogen (secondary N) is 2. The van der Waals surface area contributed by atoms with E-state index in [1.54, 1.807) is 6.07 Å². The van der Waals surface area contributed by atoms with Crippen LogP contribution in [0, 0.1) is 10.1 Å². The lowest BCUT2D eigenvalue weighted by atomic mass is 10.1. The molecule has 25 heavy (non-hydrogen) atoms. The molecule has 0 spiro atoms. The molecular weight excluding hydrogens is 326 g/mol. The van der Waals surface area contributed by atoms with Gasteiger partial charge in [0.2, 0.25) is 0 Å². The molecule has 3 N–H and O–H groups in total. The number of pyridine rings is 1. The van der Waals surface area contributed by atoms with E-state index in [1.165, 1.54) is 22.1 Å². The lowest BCUT2D eigenvalue weighted by molar-refractivity contribution is -0.385. The van der Waals surface area contributed by atoms with Gasteiger partial charge >= 0.3 is 0 Å². The molecule has 1 aromatic carbocycles. The van der Waals surface area contributed by atoms with Gasteiger partial charge in [-0.15, -0.1) is 0 Å². The standard InChI is InChI=1S/C16H15N5O4/c22-15(19-23)9-17-16-13(8-11-4-2-1-3-5-11)18-14-7-6-12(21(24)25)10-20(14)16/h1-7,10,17,23H,8-9H2,(H,19,22). The number of hydrogen-bond acceptors (Lipinski definition) is 6. The Morgan fingerprint density at radius 3 is 2.68 bits per heavy atom. The summed E-state index contributed by atoms with van der Waals surface area (Å²) in [5, 5.41) is 22.5. The molecule has 0 saturated carbocycles. The molecule has 3 rings (SSSR count). The molecule has 9 nitrogen and oxygen atoms in total. The van der Waals surface area contributed by atoms with Crippen LogP contribution in [0.5, 0.6) is 0 Å². The number of benzene rings is 1. The van der Waals surface area contributed by atoms with Crippen LogP contribution >= 0.6 is 0 Å². The van der Waals surface area contributed by atoms with Gasteiger partial charge in [-0.2, -0.15) is 0 Å². The number of carbonyl (C=O) groups excluding carboxylic acids is 1. The first kappa shape index (κ1) is 16.4. The van der Waals surface area contributed by atoms with Crippen molar-refractivity contribution >= 4 is 23.1 Å². The summed E-state index contributed by atoms with van der Waals surface area (Å²) in [7, 11) is 0. The third kappa shape index (κ3) is 3.56. The number of hydroxylamine groups is 1. The maximum atomic E-state index is 11.3. The minimum Gasteiger partial charge on any atom is -0.360 e. The van der Waals surface area contributed by atoms with E-state index in [0.717, 1.165) is 5.56 Å². The molecule has 128 valence electrons. The van der Waals surface area contributed by atoms with Crippen LogP contribution in [0.15, 0.2) is 48.7 Å². The first-order chi connectivity index (χ1) is 12.1. The summed E-state index contributed by atoms with van der Waals surface area (Å²) < 4.78 is 1.53. The van der Waals surface area contributed by atoms with Crippen LogP contribution in [0.3, 0.4) is 0 Å². The van der Waals surface area contributed by atoms with Crippen LogP contribution in [0.25, 0.3) is 5.65 Å². The summed E-state index contributed by atoms with van der Waals surface area (Å²) >= 11 is 0. The molecule has 0 bridgehead atoms. The van der Waals surface area contributed by atoms with Gasteiger partial charge in [-0.25, -0.2) is 10.5 Å². The molecule has 9 heteroatoms. The molecule has 3 aromatic rings. The second-order valence-electron chi connectivity index (χ2n) is 5.33. The zero-order valence-corrected chi connectivity index (χ0v) is 13.0. The second kappa shape index (κ2) is 6.97. The van der Waals surface area contributed by atoms with Crippen molar-refractivity contribution in [1.29, 1.82) is 0 Å². The van der Waals surface area contributed by atoms with E-state index < -0.39 is 10.8 Å². The fraction of sp³-hybridized carbons (Fsp3) is 0.125. The number of imidazole rings is 1. The summed E-state index contributed by atoms with van der Waals surface area (Å²) in [4.78, 5) is 26.3. The predicted molar refractivity (Wildman–Crippen MR) is 89.5 cm³/mol. The first-order valence-corrected chi connectivity index (χ1v) is 7.44. The van der Waals surface area contributed by atoms with Gasteiger partial charge in [0.15, 0.2) is 0 Å².